The first kappa shape index (κ1) is 40.1. The van der Waals surface area contributed by atoms with Gasteiger partial charge in [0.05, 0.1) is 22.4 Å². The number of aromatic hydroxyl groups is 3. The van der Waals surface area contributed by atoms with E-state index in [-0.39, 0.29) is 70.6 Å². The second kappa shape index (κ2) is 18.7. The number of rotatable bonds is 14. The normalized spacial score (nSPS) is 11.7. The molecule has 0 heterocycles. The number of phenols is 3. The molecule has 7 N–H and O–H groups in total. The van der Waals surface area contributed by atoms with Gasteiger partial charge in [-0.25, -0.2) is 0 Å². The molecule has 4 aromatic rings. The van der Waals surface area contributed by atoms with E-state index in [2.05, 4.69) is 101 Å². The van der Waals surface area contributed by atoms with Crippen molar-refractivity contribution in [2.24, 2.45) is 10.3 Å². The molecule has 4 aromatic carbocycles. The quantitative estimate of drug-likeness (QED) is 0.0377. The summed E-state index contributed by atoms with van der Waals surface area (Å²) in [6.07, 6.45) is 0.838. The molecule has 0 aliphatic carbocycles. The number of halogens is 5. The molecule has 0 saturated carbocycles. The van der Waals surface area contributed by atoms with Crippen molar-refractivity contribution >= 4 is 103 Å². The van der Waals surface area contributed by atoms with Crippen LogP contribution in [-0.4, -0.2) is 62.1 Å². The molecule has 0 saturated heterocycles. The van der Waals surface area contributed by atoms with E-state index in [1.165, 1.54) is 6.07 Å². The second-order valence-corrected chi connectivity index (χ2v) is 15.2. The summed E-state index contributed by atoms with van der Waals surface area (Å²) >= 11 is 16.8. The summed E-state index contributed by atoms with van der Waals surface area (Å²) in [5.41, 5.74) is 2.54. The molecule has 268 valence electrons. The number of carbonyl (C=O) groups excluding carboxylic acids is 2. The van der Waals surface area contributed by atoms with Crippen LogP contribution in [0.25, 0.3) is 0 Å². The molecule has 2 amide bonds. The molecule has 0 atom stereocenters. The van der Waals surface area contributed by atoms with Crippen LogP contribution in [0.1, 0.15) is 22.3 Å². The van der Waals surface area contributed by atoms with Crippen molar-refractivity contribution in [1.29, 1.82) is 0 Å². The highest BCUT2D eigenvalue weighted by molar-refractivity contribution is 9.11. The largest absolute Gasteiger partial charge is 0.507 e. The van der Waals surface area contributed by atoms with E-state index >= 15 is 0 Å². The summed E-state index contributed by atoms with van der Waals surface area (Å²) in [4.78, 5) is 25.5. The topological polar surface area (TPSA) is 193 Å². The lowest BCUT2D eigenvalue weighted by atomic mass is 10.1. The first-order valence-corrected chi connectivity index (χ1v) is 18.9. The minimum atomic E-state index is -0.590. The van der Waals surface area contributed by atoms with Gasteiger partial charge in [-0.05, 0) is 163 Å². The van der Waals surface area contributed by atoms with Crippen LogP contribution in [0.4, 0.5) is 0 Å². The van der Waals surface area contributed by atoms with Crippen molar-refractivity contribution in [3.05, 3.63) is 105 Å². The Bertz CT molecular complexity index is 1980. The highest BCUT2D eigenvalue weighted by Crippen LogP contribution is 2.43. The number of hydrogen-bond acceptors (Lipinski definition) is 10. The third-order valence-electron chi connectivity index (χ3n) is 7.29. The van der Waals surface area contributed by atoms with Crippen LogP contribution in [0, 0.1) is 0 Å². The Morgan fingerprint density at radius 1 is 0.588 bits per heavy atom. The molecule has 4 rings (SSSR count). The Morgan fingerprint density at radius 2 is 1.00 bits per heavy atom. The number of benzene rings is 4. The van der Waals surface area contributed by atoms with Gasteiger partial charge < -0.3 is 41.1 Å². The number of carbonyl (C=O) groups is 2. The van der Waals surface area contributed by atoms with Crippen molar-refractivity contribution in [3.8, 4) is 28.7 Å². The molecule has 0 radical (unpaired) electrons. The van der Waals surface area contributed by atoms with Crippen LogP contribution in [0.3, 0.4) is 0 Å². The van der Waals surface area contributed by atoms with Gasteiger partial charge in [-0.15, -0.1) is 0 Å². The molecule has 51 heavy (non-hydrogen) atoms. The van der Waals surface area contributed by atoms with E-state index in [1.807, 2.05) is 0 Å². The van der Waals surface area contributed by atoms with Crippen molar-refractivity contribution in [3.63, 3.8) is 0 Å². The second-order valence-electron chi connectivity index (χ2n) is 10.9. The monoisotopic (exact) mass is 1020 g/mol. The van der Waals surface area contributed by atoms with Crippen LogP contribution in [0.2, 0.25) is 0 Å². The molecule has 0 bridgehead atoms. The van der Waals surface area contributed by atoms with Crippen LogP contribution in [0.15, 0.2) is 93.3 Å². The van der Waals surface area contributed by atoms with E-state index in [1.54, 1.807) is 54.6 Å². The first-order chi connectivity index (χ1) is 24.3. The number of oxime groups is 2. The molecular weight excluding hydrogens is 992 g/mol. The van der Waals surface area contributed by atoms with Crippen molar-refractivity contribution in [1.82, 2.24) is 10.6 Å². The number of phenolic OH excluding ortho intramolecular Hbond substituents is 3. The van der Waals surface area contributed by atoms with Gasteiger partial charge in [-0.2, -0.15) is 0 Å². The predicted molar refractivity (Wildman–Crippen MR) is 209 cm³/mol. The summed E-state index contributed by atoms with van der Waals surface area (Å²) in [6, 6.07) is 16.4. The Kier molecular flexibility index (Phi) is 14.7. The third-order valence-corrected chi connectivity index (χ3v) is 10.3. The van der Waals surface area contributed by atoms with Gasteiger partial charge in [0.25, 0.3) is 11.8 Å². The average molecular weight is 1020 g/mol. The van der Waals surface area contributed by atoms with Gasteiger partial charge in [0.1, 0.15) is 22.9 Å². The maximum Gasteiger partial charge on any atom is 0.269 e. The highest BCUT2D eigenvalue weighted by Gasteiger charge is 2.20. The fourth-order valence-electron chi connectivity index (χ4n) is 4.69. The predicted octanol–water partition coefficient (Wildman–Crippen LogP) is 7.87. The molecule has 0 aliphatic heterocycles. The SMILES string of the molecule is O=C(NCCc1ccc(O)c(Br)c1)/C(Cc1cc(Br)c(Oc2cc(C/C(=N\O)C(=O)NCCc3ccc(O)c(Br)c3)cc(Br)c2O)c(Br)c1)=N/O. The van der Waals surface area contributed by atoms with E-state index in [9.17, 15) is 35.3 Å². The standard InChI is InChI=1S/C34H29Br5N4O8/c35-21-9-17(1-3-28(21)44)5-7-40-33(47)26(42-49)14-19-12-24(38)32(25(39)13-19)51-30-16-20(11-23(37)31(30)46)15-27(43-50)34(48)41-8-6-18-2-4-29(45)22(36)10-18/h1-4,9-13,16,44-46,49-50H,5-8,14-15H2,(H,40,47)(H,41,48)/b42-26+,43-27+. The number of ether oxygens (including phenoxy) is 1. The fourth-order valence-corrected chi connectivity index (χ4v) is 7.48. The molecular formula is C34H29Br5N4O8. The molecule has 17 heteroatoms. The van der Waals surface area contributed by atoms with E-state index < -0.39 is 11.8 Å². The lowest BCUT2D eigenvalue weighted by Crippen LogP contribution is -2.33. The average Bonchev–Trinajstić information content (AvgIpc) is 3.09. The summed E-state index contributed by atoms with van der Waals surface area (Å²) in [7, 11) is 0. The Balaban J connectivity index is 1.39. The third kappa shape index (κ3) is 11.2. The summed E-state index contributed by atoms with van der Waals surface area (Å²) in [6.45, 7) is 0.513. The summed E-state index contributed by atoms with van der Waals surface area (Å²) in [5.74, 6) is -0.842. The zero-order valence-electron chi connectivity index (χ0n) is 26.3. The van der Waals surface area contributed by atoms with E-state index in [4.69, 9.17) is 4.74 Å². The highest BCUT2D eigenvalue weighted by atomic mass is 79.9. The van der Waals surface area contributed by atoms with E-state index in [0.29, 0.717) is 41.9 Å². The van der Waals surface area contributed by atoms with Crippen LogP contribution in [-0.2, 0) is 35.3 Å². The van der Waals surface area contributed by atoms with E-state index in [0.717, 1.165) is 11.1 Å². The van der Waals surface area contributed by atoms with Crippen LogP contribution < -0.4 is 15.4 Å². The van der Waals surface area contributed by atoms with Crippen LogP contribution in [0.5, 0.6) is 28.7 Å². The Morgan fingerprint density at radius 3 is 1.43 bits per heavy atom. The smallest absolute Gasteiger partial charge is 0.269 e. The van der Waals surface area contributed by atoms with Gasteiger partial charge in [-0.1, -0.05) is 22.4 Å². The van der Waals surface area contributed by atoms with Crippen LogP contribution >= 0.6 is 79.6 Å². The lowest BCUT2D eigenvalue weighted by molar-refractivity contribution is -0.115. The summed E-state index contributed by atoms with van der Waals surface area (Å²) in [5, 5.41) is 61.1. The molecule has 0 spiro atoms. The Labute approximate surface area is 334 Å². The maximum atomic E-state index is 12.8. The number of nitrogens with zero attached hydrogens (tertiary/aromatic N) is 2. The molecule has 0 aromatic heterocycles. The minimum absolute atomic E-state index is 0.0192. The lowest BCUT2D eigenvalue weighted by Gasteiger charge is -2.15. The van der Waals surface area contributed by atoms with Crippen molar-refractivity contribution < 1.29 is 40.1 Å². The Hall–Kier alpha value is -3.64. The molecule has 0 unspecified atom stereocenters. The molecule has 12 nitrogen and oxygen atoms in total. The van der Waals surface area contributed by atoms with Gasteiger partial charge in [0.2, 0.25) is 0 Å². The summed E-state index contributed by atoms with van der Waals surface area (Å²) < 4.78 is 8.30. The van der Waals surface area contributed by atoms with Gasteiger partial charge in [0.15, 0.2) is 17.2 Å². The zero-order chi connectivity index (χ0) is 37.2. The number of amides is 2. The molecule has 0 fully saturated rings. The minimum Gasteiger partial charge on any atom is -0.507 e. The number of hydrogen-bond donors (Lipinski definition) is 7. The zero-order valence-corrected chi connectivity index (χ0v) is 34.2. The van der Waals surface area contributed by atoms with Gasteiger partial charge >= 0.3 is 0 Å². The van der Waals surface area contributed by atoms with Gasteiger partial charge in [0, 0.05) is 25.9 Å². The van der Waals surface area contributed by atoms with Crippen molar-refractivity contribution in [2.45, 2.75) is 25.7 Å². The van der Waals surface area contributed by atoms with Gasteiger partial charge in [-0.3, -0.25) is 9.59 Å². The van der Waals surface area contributed by atoms with Crippen molar-refractivity contribution in [2.75, 3.05) is 13.1 Å². The fraction of sp³-hybridized carbons (Fsp3) is 0.176. The molecule has 0 aliphatic rings. The maximum absolute atomic E-state index is 12.8. The first-order valence-electron chi connectivity index (χ1n) is 14.9. The number of nitrogens with one attached hydrogen (secondary N) is 2.